The Hall–Kier alpha value is -0.0400. The number of carbonyl (C=O) groups excluding carboxylic acids is 1. The van der Waals surface area contributed by atoms with E-state index in [0.717, 1.165) is 17.3 Å². The highest BCUT2D eigenvalue weighted by Crippen LogP contribution is 2.31. The lowest BCUT2D eigenvalue weighted by Crippen LogP contribution is -2.49. The third-order valence-electron chi connectivity index (χ3n) is 2.84. The summed E-state index contributed by atoms with van der Waals surface area (Å²) in [4.78, 5) is 14.0. The number of ether oxygens (including phenoxy) is 2. The first-order valence-corrected chi connectivity index (χ1v) is 7.92. The van der Waals surface area contributed by atoms with Crippen molar-refractivity contribution < 1.29 is 14.3 Å². The summed E-state index contributed by atoms with van der Waals surface area (Å²) in [5, 5.41) is 0. The predicted octanol–water partition coefficient (Wildman–Crippen LogP) is 3.57. The van der Waals surface area contributed by atoms with Gasteiger partial charge in [0.25, 0.3) is 0 Å². The molecule has 1 aliphatic heterocycles. The van der Waals surface area contributed by atoms with Crippen molar-refractivity contribution in [2.45, 2.75) is 64.8 Å². The van der Waals surface area contributed by atoms with Crippen LogP contribution in [0.4, 0.5) is 4.79 Å². The number of carbonyl (C=O) groups is 1. The Morgan fingerprint density at radius 2 is 2.11 bits per heavy atom. The molecule has 0 N–H and O–H groups in total. The van der Waals surface area contributed by atoms with Gasteiger partial charge in [0.1, 0.15) is 11.3 Å². The first kappa shape index (κ1) is 16.0. The lowest BCUT2D eigenvalue weighted by Gasteiger charge is -2.35. The third kappa shape index (κ3) is 4.26. The predicted molar refractivity (Wildman–Crippen MR) is 80.0 cm³/mol. The Balaban J connectivity index is 2.75. The summed E-state index contributed by atoms with van der Waals surface area (Å²) in [5.41, 5.74) is -1.04. The molecule has 106 valence electrons. The lowest BCUT2D eigenvalue weighted by atomic mass is 10.1. The standard InChI is InChI=1S/C13H24INO3/c1-12(2,3)18-11(16)15-10(7-6-8-14)9-17-13(15,4)5/h10H,6-9H2,1-5H3/t10-/m0/s1. The number of hydrogen-bond donors (Lipinski definition) is 0. The van der Waals surface area contributed by atoms with Gasteiger partial charge in [0.05, 0.1) is 12.6 Å². The van der Waals surface area contributed by atoms with Gasteiger partial charge < -0.3 is 9.47 Å². The topological polar surface area (TPSA) is 38.8 Å². The quantitative estimate of drug-likeness (QED) is 0.564. The van der Waals surface area contributed by atoms with Crippen molar-refractivity contribution in [1.29, 1.82) is 0 Å². The number of hydrogen-bond acceptors (Lipinski definition) is 3. The summed E-state index contributed by atoms with van der Waals surface area (Å²) in [7, 11) is 0. The first-order chi connectivity index (χ1) is 8.17. The van der Waals surface area contributed by atoms with E-state index in [1.165, 1.54) is 0 Å². The summed E-state index contributed by atoms with van der Waals surface area (Å²) in [6.45, 7) is 10.1. The lowest BCUT2D eigenvalue weighted by molar-refractivity contribution is -0.0626. The van der Waals surface area contributed by atoms with E-state index >= 15 is 0 Å². The van der Waals surface area contributed by atoms with Crippen molar-refractivity contribution in [1.82, 2.24) is 4.90 Å². The smallest absolute Gasteiger partial charge is 0.412 e. The average molecular weight is 369 g/mol. The second kappa shape index (κ2) is 5.94. The number of alkyl halides is 1. The van der Waals surface area contributed by atoms with Crippen LogP contribution >= 0.6 is 22.6 Å². The fraction of sp³-hybridized carbons (Fsp3) is 0.923. The van der Waals surface area contributed by atoms with Gasteiger partial charge >= 0.3 is 6.09 Å². The van der Waals surface area contributed by atoms with Crippen LogP contribution in [0.5, 0.6) is 0 Å². The summed E-state index contributed by atoms with van der Waals surface area (Å²) in [6.07, 6.45) is 1.78. The van der Waals surface area contributed by atoms with Crippen LogP contribution in [-0.4, -0.2) is 39.4 Å². The van der Waals surface area contributed by atoms with Gasteiger partial charge in [0.2, 0.25) is 0 Å². The SMILES string of the molecule is CC(C)(C)OC(=O)N1[C@@H](CCCI)COC1(C)C. The van der Waals surface area contributed by atoms with Crippen molar-refractivity contribution in [3.05, 3.63) is 0 Å². The van der Waals surface area contributed by atoms with E-state index in [4.69, 9.17) is 9.47 Å². The molecule has 0 radical (unpaired) electrons. The highest BCUT2D eigenvalue weighted by molar-refractivity contribution is 14.1. The fourth-order valence-corrected chi connectivity index (χ4v) is 2.53. The molecule has 18 heavy (non-hydrogen) atoms. The summed E-state index contributed by atoms with van der Waals surface area (Å²) < 4.78 is 12.3. The summed E-state index contributed by atoms with van der Waals surface area (Å²) >= 11 is 2.35. The van der Waals surface area contributed by atoms with Crippen LogP contribution in [0.3, 0.4) is 0 Å². The highest BCUT2D eigenvalue weighted by atomic mass is 127. The molecule has 1 atom stereocenters. The molecule has 0 unspecified atom stereocenters. The molecule has 0 aromatic carbocycles. The molecule has 1 aliphatic rings. The van der Waals surface area contributed by atoms with Gasteiger partial charge in [-0.05, 0) is 51.9 Å². The Morgan fingerprint density at radius 1 is 1.50 bits per heavy atom. The van der Waals surface area contributed by atoms with E-state index in [9.17, 15) is 4.79 Å². The van der Waals surface area contributed by atoms with Crippen LogP contribution in [0, 0.1) is 0 Å². The second-order valence-corrected chi connectivity index (χ2v) is 7.17. The molecule has 0 aliphatic carbocycles. The Morgan fingerprint density at radius 3 is 2.61 bits per heavy atom. The maximum atomic E-state index is 12.3. The molecule has 1 amide bonds. The number of amides is 1. The van der Waals surface area contributed by atoms with E-state index in [0.29, 0.717) is 6.61 Å². The van der Waals surface area contributed by atoms with Crippen LogP contribution in [0.25, 0.3) is 0 Å². The monoisotopic (exact) mass is 369 g/mol. The van der Waals surface area contributed by atoms with Gasteiger partial charge in [-0.2, -0.15) is 0 Å². The number of halogens is 1. The Bertz CT molecular complexity index is 299. The van der Waals surface area contributed by atoms with Crippen LogP contribution in [0.2, 0.25) is 0 Å². The zero-order valence-electron chi connectivity index (χ0n) is 12.0. The molecule has 4 nitrogen and oxygen atoms in total. The van der Waals surface area contributed by atoms with E-state index < -0.39 is 11.3 Å². The molecule has 0 saturated carbocycles. The normalized spacial score (nSPS) is 23.2. The molecule has 1 saturated heterocycles. The molecule has 0 bridgehead atoms. The van der Waals surface area contributed by atoms with E-state index in [1.54, 1.807) is 4.90 Å². The van der Waals surface area contributed by atoms with Gasteiger partial charge in [-0.15, -0.1) is 0 Å². The zero-order valence-corrected chi connectivity index (χ0v) is 14.1. The van der Waals surface area contributed by atoms with Crippen LogP contribution in [-0.2, 0) is 9.47 Å². The van der Waals surface area contributed by atoms with Crippen molar-refractivity contribution in [2.24, 2.45) is 0 Å². The fourth-order valence-electron chi connectivity index (χ4n) is 2.09. The van der Waals surface area contributed by atoms with Gasteiger partial charge in [-0.25, -0.2) is 4.79 Å². The Labute approximate surface area is 124 Å². The van der Waals surface area contributed by atoms with Gasteiger partial charge in [-0.3, -0.25) is 4.90 Å². The molecule has 1 heterocycles. The minimum atomic E-state index is -0.571. The van der Waals surface area contributed by atoms with E-state index in [-0.39, 0.29) is 12.1 Å². The van der Waals surface area contributed by atoms with Crippen molar-refractivity contribution in [3.8, 4) is 0 Å². The Kier molecular flexibility index (Phi) is 5.29. The van der Waals surface area contributed by atoms with Gasteiger partial charge in [-0.1, -0.05) is 22.6 Å². The maximum Gasteiger partial charge on any atom is 0.412 e. The van der Waals surface area contributed by atoms with Crippen molar-refractivity contribution in [2.75, 3.05) is 11.0 Å². The second-order valence-electron chi connectivity index (χ2n) is 6.09. The molecule has 0 aromatic rings. The van der Waals surface area contributed by atoms with Crippen LogP contribution in [0.1, 0.15) is 47.5 Å². The van der Waals surface area contributed by atoms with Gasteiger partial charge in [0, 0.05) is 0 Å². The average Bonchev–Trinajstić information content (AvgIpc) is 2.48. The van der Waals surface area contributed by atoms with E-state index in [2.05, 4.69) is 22.6 Å². The third-order valence-corrected chi connectivity index (χ3v) is 3.60. The number of rotatable bonds is 3. The molecule has 0 aromatic heterocycles. The van der Waals surface area contributed by atoms with Crippen LogP contribution < -0.4 is 0 Å². The minimum absolute atomic E-state index is 0.129. The molecular weight excluding hydrogens is 345 g/mol. The maximum absolute atomic E-state index is 12.3. The molecule has 0 spiro atoms. The zero-order chi connectivity index (χ0) is 14.0. The molecular formula is C13H24INO3. The first-order valence-electron chi connectivity index (χ1n) is 6.39. The van der Waals surface area contributed by atoms with Crippen molar-refractivity contribution >= 4 is 28.7 Å². The highest BCUT2D eigenvalue weighted by Gasteiger charge is 2.45. The number of nitrogens with zero attached hydrogens (tertiary/aromatic N) is 1. The molecule has 1 rings (SSSR count). The largest absolute Gasteiger partial charge is 0.444 e. The van der Waals surface area contributed by atoms with Gasteiger partial charge in [0.15, 0.2) is 0 Å². The van der Waals surface area contributed by atoms with E-state index in [1.807, 2.05) is 34.6 Å². The minimum Gasteiger partial charge on any atom is -0.444 e. The molecule has 5 heteroatoms. The summed E-state index contributed by atoms with van der Waals surface area (Å²) in [6, 6.07) is 0.129. The summed E-state index contributed by atoms with van der Waals surface area (Å²) in [5.74, 6) is 0. The van der Waals surface area contributed by atoms with Crippen LogP contribution in [0.15, 0.2) is 0 Å². The van der Waals surface area contributed by atoms with Crippen molar-refractivity contribution in [3.63, 3.8) is 0 Å². The molecule has 1 fully saturated rings.